The lowest BCUT2D eigenvalue weighted by atomic mass is 10.3. The summed E-state index contributed by atoms with van der Waals surface area (Å²) >= 11 is 0. The fraction of sp³-hybridized carbons (Fsp3) is 0.250. The normalized spacial score (nSPS) is 10.0. The standard InChI is InChI=1S/C8H10N8O2/c17-7(13-15-3-9-10-4-15)1-2-8(18)14-16-5-11-12-6-16/h3-6H,1-2H2,(H,13,17)(H,14,18). The average molecular weight is 250 g/mol. The van der Waals surface area contributed by atoms with Crippen molar-refractivity contribution in [3.8, 4) is 0 Å². The molecule has 0 saturated heterocycles. The summed E-state index contributed by atoms with van der Waals surface area (Å²) in [6, 6.07) is 0. The quantitative estimate of drug-likeness (QED) is 0.665. The van der Waals surface area contributed by atoms with Gasteiger partial charge in [0.05, 0.1) is 0 Å². The van der Waals surface area contributed by atoms with Crippen molar-refractivity contribution in [3.05, 3.63) is 25.3 Å². The number of hydrogen-bond donors (Lipinski definition) is 2. The summed E-state index contributed by atoms with van der Waals surface area (Å²) < 4.78 is 2.61. The number of aromatic nitrogens is 6. The maximum absolute atomic E-state index is 11.4. The Labute approximate surface area is 101 Å². The van der Waals surface area contributed by atoms with E-state index in [1.807, 2.05) is 0 Å². The molecule has 2 rings (SSSR count). The highest BCUT2D eigenvalue weighted by molar-refractivity contribution is 5.90. The first-order valence-corrected chi connectivity index (χ1v) is 5.03. The summed E-state index contributed by atoms with van der Waals surface area (Å²) in [5.41, 5.74) is 4.95. The summed E-state index contributed by atoms with van der Waals surface area (Å²) in [4.78, 5) is 22.8. The van der Waals surface area contributed by atoms with Gasteiger partial charge in [-0.25, -0.2) is 9.35 Å². The van der Waals surface area contributed by atoms with Gasteiger partial charge >= 0.3 is 0 Å². The van der Waals surface area contributed by atoms with Gasteiger partial charge in [0.15, 0.2) is 0 Å². The van der Waals surface area contributed by atoms with Gasteiger partial charge in [-0.15, -0.1) is 20.4 Å². The highest BCUT2D eigenvalue weighted by Gasteiger charge is 2.07. The van der Waals surface area contributed by atoms with Crippen LogP contribution in [0.2, 0.25) is 0 Å². The van der Waals surface area contributed by atoms with Gasteiger partial charge < -0.3 is 0 Å². The van der Waals surface area contributed by atoms with Crippen LogP contribution in [0.5, 0.6) is 0 Å². The van der Waals surface area contributed by atoms with Crippen molar-refractivity contribution >= 4 is 11.8 Å². The number of carbonyl (C=O) groups excluding carboxylic acids is 2. The molecule has 0 aromatic carbocycles. The zero-order valence-corrected chi connectivity index (χ0v) is 9.22. The Kier molecular flexibility index (Phi) is 3.59. The van der Waals surface area contributed by atoms with Crippen molar-refractivity contribution in [2.24, 2.45) is 0 Å². The SMILES string of the molecule is O=C(CCC(=O)Nn1cnnc1)Nn1cnnc1. The van der Waals surface area contributed by atoms with Crippen molar-refractivity contribution in [1.29, 1.82) is 0 Å². The van der Waals surface area contributed by atoms with Crippen LogP contribution in [0.15, 0.2) is 25.3 Å². The molecule has 0 radical (unpaired) electrons. The van der Waals surface area contributed by atoms with Crippen molar-refractivity contribution < 1.29 is 9.59 Å². The van der Waals surface area contributed by atoms with Crippen LogP contribution in [0.1, 0.15) is 12.8 Å². The third-order valence-electron chi connectivity index (χ3n) is 1.92. The molecular formula is C8H10N8O2. The predicted molar refractivity (Wildman–Crippen MR) is 58.0 cm³/mol. The van der Waals surface area contributed by atoms with E-state index in [-0.39, 0.29) is 24.7 Å². The van der Waals surface area contributed by atoms with E-state index in [0.29, 0.717) is 0 Å². The Hall–Kier alpha value is -2.78. The van der Waals surface area contributed by atoms with Crippen LogP contribution in [-0.2, 0) is 9.59 Å². The van der Waals surface area contributed by atoms with Gasteiger partial charge in [0, 0.05) is 12.8 Å². The molecule has 2 N–H and O–H groups in total. The molecule has 0 atom stereocenters. The topological polar surface area (TPSA) is 120 Å². The zero-order chi connectivity index (χ0) is 12.8. The summed E-state index contributed by atoms with van der Waals surface area (Å²) in [6.07, 6.45) is 5.47. The lowest BCUT2D eigenvalue weighted by Gasteiger charge is -2.05. The molecule has 10 nitrogen and oxygen atoms in total. The van der Waals surface area contributed by atoms with E-state index in [9.17, 15) is 9.59 Å². The number of carbonyl (C=O) groups is 2. The van der Waals surface area contributed by atoms with Crippen LogP contribution >= 0.6 is 0 Å². The lowest BCUT2D eigenvalue weighted by molar-refractivity contribution is -0.122. The third kappa shape index (κ3) is 3.37. The molecule has 2 amide bonds. The molecular weight excluding hydrogens is 240 g/mol. The molecule has 0 aliphatic rings. The Bertz CT molecular complexity index is 457. The fourth-order valence-electron chi connectivity index (χ4n) is 1.14. The van der Waals surface area contributed by atoms with Gasteiger partial charge in [0.25, 0.3) is 0 Å². The van der Waals surface area contributed by atoms with Crippen molar-refractivity contribution in [2.45, 2.75) is 12.8 Å². The second kappa shape index (κ2) is 5.52. The summed E-state index contributed by atoms with van der Waals surface area (Å²) in [5, 5.41) is 14.1. The van der Waals surface area contributed by atoms with Crippen LogP contribution in [0.4, 0.5) is 0 Å². The van der Waals surface area contributed by atoms with Gasteiger partial charge in [-0.3, -0.25) is 20.4 Å². The molecule has 0 aliphatic heterocycles. The van der Waals surface area contributed by atoms with E-state index in [0.717, 1.165) is 0 Å². The van der Waals surface area contributed by atoms with Crippen molar-refractivity contribution in [2.75, 3.05) is 10.9 Å². The van der Waals surface area contributed by atoms with Gasteiger partial charge in [-0.05, 0) is 0 Å². The number of hydrogen-bond acceptors (Lipinski definition) is 6. The van der Waals surface area contributed by atoms with E-state index in [1.165, 1.54) is 34.7 Å². The van der Waals surface area contributed by atoms with E-state index < -0.39 is 0 Å². The van der Waals surface area contributed by atoms with E-state index >= 15 is 0 Å². The number of nitrogens with zero attached hydrogens (tertiary/aromatic N) is 6. The largest absolute Gasteiger partial charge is 0.273 e. The maximum atomic E-state index is 11.4. The molecule has 0 bridgehead atoms. The Morgan fingerprint density at radius 3 is 1.44 bits per heavy atom. The number of amides is 2. The molecule has 0 aliphatic carbocycles. The molecule has 0 saturated carbocycles. The molecule has 0 unspecified atom stereocenters. The van der Waals surface area contributed by atoms with Gasteiger partial charge in [0.2, 0.25) is 11.8 Å². The maximum Gasteiger partial charge on any atom is 0.239 e. The molecule has 0 spiro atoms. The predicted octanol–water partition coefficient (Wildman–Crippen LogP) is -1.51. The first-order valence-electron chi connectivity index (χ1n) is 5.03. The number of nitrogens with one attached hydrogen (secondary N) is 2. The molecule has 2 heterocycles. The summed E-state index contributed by atoms with van der Waals surface area (Å²) in [7, 11) is 0. The molecule has 94 valence electrons. The van der Waals surface area contributed by atoms with Gasteiger partial charge in [-0.2, -0.15) is 0 Å². The van der Waals surface area contributed by atoms with Crippen LogP contribution in [0, 0.1) is 0 Å². The number of rotatable bonds is 5. The van der Waals surface area contributed by atoms with Crippen molar-refractivity contribution in [3.63, 3.8) is 0 Å². The van der Waals surface area contributed by atoms with E-state index in [4.69, 9.17) is 0 Å². The second-order valence-electron chi connectivity index (χ2n) is 3.31. The lowest BCUT2D eigenvalue weighted by Crippen LogP contribution is -2.25. The molecule has 2 aromatic heterocycles. The minimum atomic E-state index is -0.311. The molecule has 18 heavy (non-hydrogen) atoms. The molecule has 10 heteroatoms. The fourth-order valence-corrected chi connectivity index (χ4v) is 1.14. The summed E-state index contributed by atoms with van der Waals surface area (Å²) in [6.45, 7) is 0. The third-order valence-corrected chi connectivity index (χ3v) is 1.92. The van der Waals surface area contributed by atoms with E-state index in [2.05, 4.69) is 31.2 Å². The van der Waals surface area contributed by atoms with Gasteiger partial charge in [0.1, 0.15) is 25.3 Å². The first-order chi connectivity index (χ1) is 8.74. The smallest absolute Gasteiger partial charge is 0.239 e. The molecule has 2 aromatic rings. The van der Waals surface area contributed by atoms with Gasteiger partial charge in [-0.1, -0.05) is 0 Å². The Balaban J connectivity index is 1.71. The highest BCUT2D eigenvalue weighted by Crippen LogP contribution is 1.92. The first kappa shape index (κ1) is 11.7. The molecule has 0 fully saturated rings. The van der Waals surface area contributed by atoms with Crippen molar-refractivity contribution in [1.82, 2.24) is 29.7 Å². The highest BCUT2D eigenvalue weighted by atomic mass is 16.2. The Morgan fingerprint density at radius 2 is 1.11 bits per heavy atom. The zero-order valence-electron chi connectivity index (χ0n) is 9.22. The minimum Gasteiger partial charge on any atom is -0.273 e. The second-order valence-corrected chi connectivity index (χ2v) is 3.31. The minimum absolute atomic E-state index is 0.0478. The van der Waals surface area contributed by atoms with Crippen LogP contribution < -0.4 is 10.9 Å². The van der Waals surface area contributed by atoms with Crippen LogP contribution in [-0.4, -0.2) is 41.6 Å². The van der Waals surface area contributed by atoms with Crippen LogP contribution in [0.3, 0.4) is 0 Å². The van der Waals surface area contributed by atoms with E-state index in [1.54, 1.807) is 0 Å². The summed E-state index contributed by atoms with van der Waals surface area (Å²) in [5.74, 6) is -0.623. The Morgan fingerprint density at radius 1 is 0.778 bits per heavy atom. The van der Waals surface area contributed by atoms with Crippen LogP contribution in [0.25, 0.3) is 0 Å². The monoisotopic (exact) mass is 250 g/mol. The average Bonchev–Trinajstić information content (AvgIpc) is 2.99.